The number of ether oxygens (including phenoxy) is 2. The van der Waals surface area contributed by atoms with Gasteiger partial charge in [0, 0.05) is 24.5 Å². The molecule has 2 amide bonds. The SMILES string of the molecule is O=C(NCc1ccccn1)c1ccnc(C(=O)NCc2ccc3c(c2)OCO3)c1. The highest BCUT2D eigenvalue weighted by atomic mass is 16.7. The number of pyridine rings is 2. The van der Waals surface area contributed by atoms with Crippen molar-refractivity contribution in [2.75, 3.05) is 6.79 Å². The zero-order valence-electron chi connectivity index (χ0n) is 15.4. The predicted molar refractivity (Wildman–Crippen MR) is 103 cm³/mol. The second-order valence-corrected chi connectivity index (χ2v) is 6.30. The van der Waals surface area contributed by atoms with Gasteiger partial charge in [0.05, 0.1) is 12.2 Å². The fourth-order valence-corrected chi connectivity index (χ4v) is 2.80. The van der Waals surface area contributed by atoms with Crippen LogP contribution in [0, 0.1) is 0 Å². The molecule has 29 heavy (non-hydrogen) atoms. The van der Waals surface area contributed by atoms with E-state index in [1.165, 1.54) is 12.3 Å². The number of carbonyl (C=O) groups is 2. The zero-order valence-corrected chi connectivity index (χ0v) is 15.4. The van der Waals surface area contributed by atoms with Gasteiger partial charge in [0.25, 0.3) is 11.8 Å². The molecule has 0 saturated heterocycles. The Labute approximate surface area is 166 Å². The van der Waals surface area contributed by atoms with Gasteiger partial charge in [0.2, 0.25) is 6.79 Å². The first-order chi connectivity index (χ1) is 14.2. The molecule has 0 unspecified atom stereocenters. The van der Waals surface area contributed by atoms with Crippen molar-refractivity contribution in [3.63, 3.8) is 0 Å². The van der Waals surface area contributed by atoms with Crippen LogP contribution in [0.25, 0.3) is 0 Å². The summed E-state index contributed by atoms with van der Waals surface area (Å²) in [7, 11) is 0. The van der Waals surface area contributed by atoms with Gasteiger partial charge in [-0.1, -0.05) is 12.1 Å². The molecular weight excluding hydrogens is 372 g/mol. The van der Waals surface area contributed by atoms with Crippen molar-refractivity contribution in [1.29, 1.82) is 0 Å². The normalized spacial score (nSPS) is 11.7. The van der Waals surface area contributed by atoms with Crippen molar-refractivity contribution in [3.8, 4) is 11.5 Å². The lowest BCUT2D eigenvalue weighted by Gasteiger charge is -2.08. The average molecular weight is 390 g/mol. The van der Waals surface area contributed by atoms with Gasteiger partial charge >= 0.3 is 0 Å². The summed E-state index contributed by atoms with van der Waals surface area (Å²) in [6.07, 6.45) is 3.10. The highest BCUT2D eigenvalue weighted by molar-refractivity contribution is 5.98. The monoisotopic (exact) mass is 390 g/mol. The van der Waals surface area contributed by atoms with Crippen LogP contribution >= 0.6 is 0 Å². The maximum Gasteiger partial charge on any atom is 0.270 e. The second kappa shape index (κ2) is 8.39. The van der Waals surface area contributed by atoms with Crippen molar-refractivity contribution in [2.24, 2.45) is 0 Å². The molecule has 8 nitrogen and oxygen atoms in total. The van der Waals surface area contributed by atoms with Crippen LogP contribution in [0.1, 0.15) is 32.1 Å². The summed E-state index contributed by atoms with van der Waals surface area (Å²) >= 11 is 0. The standard InChI is InChI=1S/C21H18N4O4/c26-20(25-12-16-3-1-2-7-22-16)15-6-8-23-17(10-15)21(27)24-11-14-4-5-18-19(9-14)29-13-28-18/h1-10H,11-13H2,(H,24,27)(H,25,26). The highest BCUT2D eigenvalue weighted by Crippen LogP contribution is 2.32. The van der Waals surface area contributed by atoms with Crippen molar-refractivity contribution >= 4 is 11.8 Å². The first-order valence-electron chi connectivity index (χ1n) is 9.00. The molecule has 8 heteroatoms. The maximum atomic E-state index is 12.4. The first kappa shape index (κ1) is 18.4. The van der Waals surface area contributed by atoms with Gasteiger partial charge in [-0.15, -0.1) is 0 Å². The minimum Gasteiger partial charge on any atom is -0.454 e. The number of hydrogen-bond donors (Lipinski definition) is 2. The maximum absolute atomic E-state index is 12.4. The fourth-order valence-electron chi connectivity index (χ4n) is 2.80. The Morgan fingerprint density at radius 1 is 0.862 bits per heavy atom. The molecule has 3 aromatic rings. The summed E-state index contributed by atoms with van der Waals surface area (Å²) in [6, 6.07) is 14.0. The van der Waals surface area contributed by atoms with Crippen molar-refractivity contribution < 1.29 is 19.1 Å². The van der Waals surface area contributed by atoms with Gasteiger partial charge in [-0.05, 0) is 42.0 Å². The van der Waals surface area contributed by atoms with Gasteiger partial charge in [0.1, 0.15) is 5.69 Å². The molecule has 0 saturated carbocycles. The Morgan fingerprint density at radius 2 is 1.72 bits per heavy atom. The van der Waals surface area contributed by atoms with Gasteiger partial charge in [-0.2, -0.15) is 0 Å². The minimum absolute atomic E-state index is 0.163. The summed E-state index contributed by atoms with van der Waals surface area (Å²) in [5.41, 5.74) is 2.13. The number of nitrogens with zero attached hydrogens (tertiary/aromatic N) is 2. The number of carbonyl (C=O) groups excluding carboxylic acids is 2. The van der Waals surface area contributed by atoms with E-state index in [1.807, 2.05) is 30.3 Å². The lowest BCUT2D eigenvalue weighted by molar-refractivity contribution is 0.0946. The summed E-state index contributed by atoms with van der Waals surface area (Å²) in [5, 5.41) is 5.57. The van der Waals surface area contributed by atoms with Gasteiger partial charge in [0.15, 0.2) is 11.5 Å². The zero-order chi connectivity index (χ0) is 20.1. The number of fused-ring (bicyclic) bond motifs is 1. The summed E-state index contributed by atoms with van der Waals surface area (Å²) in [5.74, 6) is 0.664. The molecule has 0 aliphatic carbocycles. The average Bonchev–Trinajstić information content (AvgIpc) is 3.24. The molecule has 146 valence electrons. The molecule has 3 heterocycles. The highest BCUT2D eigenvalue weighted by Gasteiger charge is 2.15. The Balaban J connectivity index is 1.36. The summed E-state index contributed by atoms with van der Waals surface area (Å²) in [6.45, 7) is 0.797. The van der Waals surface area contributed by atoms with Crippen LogP contribution in [0.5, 0.6) is 11.5 Å². The van der Waals surface area contributed by atoms with Crippen molar-refractivity contribution in [2.45, 2.75) is 13.1 Å². The molecule has 0 bridgehead atoms. The number of benzene rings is 1. The Hall–Kier alpha value is -3.94. The predicted octanol–water partition coefficient (Wildman–Crippen LogP) is 2.07. The third-order valence-corrected chi connectivity index (χ3v) is 4.30. The lowest BCUT2D eigenvalue weighted by atomic mass is 10.2. The number of hydrogen-bond acceptors (Lipinski definition) is 6. The third-order valence-electron chi connectivity index (χ3n) is 4.30. The van der Waals surface area contributed by atoms with E-state index in [0.29, 0.717) is 30.2 Å². The van der Waals surface area contributed by atoms with Gasteiger partial charge in [-0.3, -0.25) is 19.6 Å². The molecular formula is C21H18N4O4. The third kappa shape index (κ3) is 4.49. The molecule has 1 aromatic carbocycles. The molecule has 2 N–H and O–H groups in total. The minimum atomic E-state index is -0.373. The van der Waals surface area contributed by atoms with E-state index in [4.69, 9.17) is 9.47 Å². The molecule has 0 fully saturated rings. The molecule has 4 rings (SSSR count). The van der Waals surface area contributed by atoms with Crippen LogP contribution in [0.3, 0.4) is 0 Å². The molecule has 2 aromatic heterocycles. The largest absolute Gasteiger partial charge is 0.454 e. The van der Waals surface area contributed by atoms with Crippen LogP contribution in [-0.2, 0) is 13.1 Å². The van der Waals surface area contributed by atoms with E-state index in [2.05, 4.69) is 20.6 Å². The Bertz CT molecular complexity index is 1040. The Morgan fingerprint density at radius 3 is 2.59 bits per heavy atom. The number of nitrogens with one attached hydrogen (secondary N) is 2. The van der Waals surface area contributed by atoms with E-state index in [0.717, 1.165) is 11.3 Å². The molecule has 1 aliphatic heterocycles. The topological polar surface area (TPSA) is 102 Å². The summed E-state index contributed by atoms with van der Waals surface area (Å²) in [4.78, 5) is 33.0. The van der Waals surface area contributed by atoms with Crippen molar-refractivity contribution in [3.05, 3.63) is 83.4 Å². The molecule has 0 atom stereocenters. The van der Waals surface area contributed by atoms with E-state index in [-0.39, 0.29) is 24.3 Å². The molecule has 0 spiro atoms. The van der Waals surface area contributed by atoms with Crippen LogP contribution in [0.15, 0.2) is 60.9 Å². The lowest BCUT2D eigenvalue weighted by Crippen LogP contribution is -2.26. The number of amides is 2. The number of rotatable bonds is 6. The van der Waals surface area contributed by atoms with Crippen molar-refractivity contribution in [1.82, 2.24) is 20.6 Å². The first-order valence-corrected chi connectivity index (χ1v) is 9.00. The molecule has 0 radical (unpaired) electrons. The smallest absolute Gasteiger partial charge is 0.270 e. The Kier molecular flexibility index (Phi) is 5.33. The van der Waals surface area contributed by atoms with E-state index >= 15 is 0 Å². The van der Waals surface area contributed by atoms with Gasteiger partial charge < -0.3 is 20.1 Å². The summed E-state index contributed by atoms with van der Waals surface area (Å²) < 4.78 is 10.6. The van der Waals surface area contributed by atoms with E-state index in [9.17, 15) is 9.59 Å². The van der Waals surface area contributed by atoms with Crippen LogP contribution in [-0.4, -0.2) is 28.6 Å². The van der Waals surface area contributed by atoms with E-state index in [1.54, 1.807) is 18.3 Å². The van der Waals surface area contributed by atoms with Crippen LogP contribution < -0.4 is 20.1 Å². The van der Waals surface area contributed by atoms with Crippen LogP contribution in [0.2, 0.25) is 0 Å². The quantitative estimate of drug-likeness (QED) is 0.668. The fraction of sp³-hybridized carbons (Fsp3) is 0.143. The van der Waals surface area contributed by atoms with Gasteiger partial charge in [-0.25, -0.2) is 0 Å². The number of aromatic nitrogens is 2. The van der Waals surface area contributed by atoms with Crippen LogP contribution in [0.4, 0.5) is 0 Å². The van der Waals surface area contributed by atoms with E-state index < -0.39 is 0 Å². The molecule has 1 aliphatic rings. The second-order valence-electron chi connectivity index (χ2n) is 6.30.